The highest BCUT2D eigenvalue weighted by Crippen LogP contribution is 2.42. The highest BCUT2D eigenvalue weighted by Gasteiger charge is 2.33. The number of ether oxygens (including phenoxy) is 2. The Bertz CT molecular complexity index is 1510. The van der Waals surface area contributed by atoms with Crippen LogP contribution < -0.4 is 20.8 Å². The van der Waals surface area contributed by atoms with Crippen LogP contribution in [0.25, 0.3) is 10.9 Å². The highest BCUT2D eigenvalue weighted by molar-refractivity contribution is 5.98. The van der Waals surface area contributed by atoms with E-state index < -0.39 is 34.5 Å². The van der Waals surface area contributed by atoms with Crippen LogP contribution in [0.4, 0.5) is 20.3 Å². The molecule has 4 aromatic rings. The van der Waals surface area contributed by atoms with Crippen molar-refractivity contribution in [3.05, 3.63) is 93.9 Å². The first-order chi connectivity index (χ1) is 18.0. The van der Waals surface area contributed by atoms with E-state index in [2.05, 4.69) is 15.6 Å². The third-order valence-electron chi connectivity index (χ3n) is 6.11. The number of benzene rings is 2. The van der Waals surface area contributed by atoms with Crippen molar-refractivity contribution in [2.24, 2.45) is 0 Å². The molecule has 8 nitrogen and oxygen atoms in total. The molecule has 0 fully saturated rings. The summed E-state index contributed by atoms with van der Waals surface area (Å²) in [5, 5.41) is 5.41. The van der Waals surface area contributed by atoms with Crippen molar-refractivity contribution in [2.75, 3.05) is 36.9 Å². The Balaban J connectivity index is 1.62. The second-order valence-electron chi connectivity index (χ2n) is 8.36. The number of anilines is 2. The summed E-state index contributed by atoms with van der Waals surface area (Å²) in [7, 11) is 0. The summed E-state index contributed by atoms with van der Waals surface area (Å²) in [6.45, 7) is 2.27. The fraction of sp³-hybridized carbons (Fsp3) is 0.222. The van der Waals surface area contributed by atoms with Gasteiger partial charge in [0.1, 0.15) is 29.2 Å². The largest absolute Gasteiger partial charge is 0.487 e. The Morgan fingerprint density at radius 1 is 1.11 bits per heavy atom. The zero-order chi connectivity index (χ0) is 25.9. The van der Waals surface area contributed by atoms with Crippen LogP contribution in [0.5, 0.6) is 5.75 Å². The van der Waals surface area contributed by atoms with E-state index >= 15 is 8.78 Å². The highest BCUT2D eigenvalue weighted by atomic mass is 19.2. The number of aromatic nitrogens is 2. The summed E-state index contributed by atoms with van der Waals surface area (Å²) in [6.07, 6.45) is 2.98. The molecule has 37 heavy (non-hydrogen) atoms. The Labute approximate surface area is 210 Å². The lowest BCUT2D eigenvalue weighted by Gasteiger charge is -2.31. The number of carbonyl (C=O) groups excluding carboxylic acids is 1. The van der Waals surface area contributed by atoms with Gasteiger partial charge in [-0.15, -0.1) is 0 Å². The van der Waals surface area contributed by atoms with Crippen molar-refractivity contribution in [3.63, 3.8) is 0 Å². The molecule has 10 heteroatoms. The summed E-state index contributed by atoms with van der Waals surface area (Å²) < 4.78 is 43.4. The molecule has 0 saturated heterocycles. The van der Waals surface area contributed by atoms with E-state index in [0.717, 1.165) is 5.56 Å². The molecule has 0 aliphatic carbocycles. The predicted octanol–water partition coefficient (Wildman–Crippen LogP) is 4.36. The maximum atomic E-state index is 15.5. The number of pyridine rings is 2. The van der Waals surface area contributed by atoms with Gasteiger partial charge in [0.05, 0.1) is 18.0 Å². The van der Waals surface area contributed by atoms with E-state index in [0.29, 0.717) is 12.4 Å². The van der Waals surface area contributed by atoms with E-state index in [1.807, 2.05) is 36.4 Å². The van der Waals surface area contributed by atoms with E-state index in [4.69, 9.17) is 9.47 Å². The van der Waals surface area contributed by atoms with E-state index in [1.54, 1.807) is 29.8 Å². The number of nitrogens with zero attached hydrogens (tertiary/aromatic N) is 2. The summed E-state index contributed by atoms with van der Waals surface area (Å²) in [4.78, 5) is 30.0. The summed E-state index contributed by atoms with van der Waals surface area (Å²) in [5.74, 6) is -2.88. The maximum Gasteiger partial charge on any atom is 0.343 e. The Kier molecular flexibility index (Phi) is 6.72. The first kappa shape index (κ1) is 24.2. The second kappa shape index (κ2) is 10.3. The van der Waals surface area contributed by atoms with Gasteiger partial charge >= 0.3 is 5.97 Å². The van der Waals surface area contributed by atoms with Crippen LogP contribution in [0.2, 0.25) is 0 Å². The zero-order valence-electron chi connectivity index (χ0n) is 20.0. The molecule has 5 rings (SSSR count). The van der Waals surface area contributed by atoms with Crippen LogP contribution in [0.3, 0.4) is 0 Å². The van der Waals surface area contributed by atoms with E-state index in [9.17, 15) is 9.59 Å². The molecule has 1 unspecified atom stereocenters. The van der Waals surface area contributed by atoms with Gasteiger partial charge in [0.25, 0.3) is 0 Å². The molecule has 0 saturated carbocycles. The number of esters is 1. The van der Waals surface area contributed by atoms with Crippen LogP contribution in [-0.4, -0.2) is 41.8 Å². The molecule has 0 radical (unpaired) electrons. The molecule has 2 aromatic heterocycles. The van der Waals surface area contributed by atoms with Gasteiger partial charge in [-0.25, -0.2) is 18.6 Å². The minimum Gasteiger partial charge on any atom is -0.487 e. The van der Waals surface area contributed by atoms with Gasteiger partial charge in [-0.2, -0.15) is 0 Å². The van der Waals surface area contributed by atoms with Crippen LogP contribution in [0.1, 0.15) is 28.9 Å². The molecule has 3 heterocycles. The first-order valence-electron chi connectivity index (χ1n) is 11.8. The van der Waals surface area contributed by atoms with Gasteiger partial charge in [0.2, 0.25) is 5.43 Å². The van der Waals surface area contributed by atoms with Gasteiger partial charge in [0, 0.05) is 25.5 Å². The molecule has 1 atom stereocenters. The first-order valence-corrected chi connectivity index (χ1v) is 11.8. The van der Waals surface area contributed by atoms with Crippen LogP contribution in [0.15, 0.2) is 65.7 Å². The van der Waals surface area contributed by atoms with Gasteiger partial charge in [-0.05, 0) is 24.6 Å². The van der Waals surface area contributed by atoms with Crippen molar-refractivity contribution in [2.45, 2.75) is 13.0 Å². The molecular formula is C27H24F2N4O4. The SMILES string of the molecule is CCOC(=O)c1cn2c3c(c(NCCNc4ccccn4)c(F)c(F)c3c1=O)OCC2c1ccccc1. The molecule has 2 aromatic carbocycles. The third kappa shape index (κ3) is 4.46. The lowest BCUT2D eigenvalue weighted by molar-refractivity contribution is 0.0523. The lowest BCUT2D eigenvalue weighted by atomic mass is 10.0. The standard InChI is InChI=1S/C27H24F2N4O4/c1-2-36-27(35)17-14-33-18(16-8-4-3-5-9-16)15-37-26-23(22(29)21(28)20(24(26)33)25(17)34)32-13-12-31-19-10-6-7-11-30-19/h3-11,14,18,32H,2,12-13,15H2,1H3,(H,30,31). The van der Waals surface area contributed by atoms with Crippen molar-refractivity contribution in [1.29, 1.82) is 0 Å². The summed E-state index contributed by atoms with van der Waals surface area (Å²) >= 11 is 0. The van der Waals surface area contributed by atoms with Crippen molar-refractivity contribution >= 4 is 28.4 Å². The van der Waals surface area contributed by atoms with Crippen LogP contribution >= 0.6 is 0 Å². The second-order valence-corrected chi connectivity index (χ2v) is 8.36. The minimum atomic E-state index is -1.36. The Morgan fingerprint density at radius 2 is 1.86 bits per heavy atom. The molecule has 1 aliphatic heterocycles. The molecule has 190 valence electrons. The molecule has 1 aliphatic rings. The van der Waals surface area contributed by atoms with Crippen LogP contribution in [0, 0.1) is 11.6 Å². The number of hydrogen-bond acceptors (Lipinski definition) is 7. The molecule has 0 bridgehead atoms. The topological polar surface area (TPSA) is 94.5 Å². The fourth-order valence-corrected chi connectivity index (χ4v) is 4.42. The Hall–Kier alpha value is -4.47. The number of hydrogen-bond donors (Lipinski definition) is 2. The average molecular weight is 507 g/mol. The van der Waals surface area contributed by atoms with Gasteiger partial charge in [-0.1, -0.05) is 36.4 Å². The number of carbonyl (C=O) groups is 1. The zero-order valence-corrected chi connectivity index (χ0v) is 20.0. The number of nitrogens with one attached hydrogen (secondary N) is 2. The third-order valence-corrected chi connectivity index (χ3v) is 6.11. The minimum absolute atomic E-state index is 0.00595. The van der Waals surface area contributed by atoms with Gasteiger partial charge in [0.15, 0.2) is 17.4 Å². The monoisotopic (exact) mass is 506 g/mol. The maximum absolute atomic E-state index is 15.5. The van der Waals surface area contributed by atoms with Gasteiger partial charge in [-0.3, -0.25) is 4.79 Å². The Morgan fingerprint density at radius 3 is 2.59 bits per heavy atom. The molecule has 0 amide bonds. The number of halogens is 2. The van der Waals surface area contributed by atoms with Gasteiger partial charge < -0.3 is 24.7 Å². The van der Waals surface area contributed by atoms with Crippen molar-refractivity contribution < 1.29 is 23.0 Å². The summed E-state index contributed by atoms with van der Waals surface area (Å²) in [5.41, 5.74) is -0.648. The van der Waals surface area contributed by atoms with Crippen molar-refractivity contribution in [3.8, 4) is 5.75 Å². The normalized spacial score (nSPS) is 14.2. The predicted molar refractivity (Wildman–Crippen MR) is 135 cm³/mol. The van der Waals surface area contributed by atoms with Crippen molar-refractivity contribution in [1.82, 2.24) is 9.55 Å². The van der Waals surface area contributed by atoms with Crippen LogP contribution in [-0.2, 0) is 4.74 Å². The lowest BCUT2D eigenvalue weighted by Crippen LogP contribution is -2.30. The fourth-order valence-electron chi connectivity index (χ4n) is 4.42. The summed E-state index contributed by atoms with van der Waals surface area (Å²) in [6, 6.07) is 14.1. The molecular weight excluding hydrogens is 482 g/mol. The molecule has 0 spiro atoms. The molecule has 2 N–H and O–H groups in total. The number of rotatable bonds is 8. The van der Waals surface area contributed by atoms with E-state index in [1.165, 1.54) is 6.20 Å². The smallest absolute Gasteiger partial charge is 0.343 e. The van der Waals surface area contributed by atoms with E-state index in [-0.39, 0.29) is 42.3 Å². The average Bonchev–Trinajstić information content (AvgIpc) is 2.92. The quantitative estimate of drug-likeness (QED) is 0.271.